The summed E-state index contributed by atoms with van der Waals surface area (Å²) in [6, 6.07) is 22.0. The molecule has 208 valence electrons. The number of carbonyl (C=O) groups is 2. The van der Waals surface area contributed by atoms with Crippen LogP contribution in [0.3, 0.4) is 0 Å². The molecular formula is C29H34ClN3O5S. The van der Waals surface area contributed by atoms with Crippen molar-refractivity contribution in [3.63, 3.8) is 0 Å². The first-order valence-electron chi connectivity index (χ1n) is 12.7. The van der Waals surface area contributed by atoms with E-state index in [1.165, 1.54) is 4.90 Å². The second-order valence-corrected chi connectivity index (χ2v) is 11.3. The summed E-state index contributed by atoms with van der Waals surface area (Å²) in [5.74, 6) is -0.253. The third kappa shape index (κ3) is 8.73. The predicted octanol–water partition coefficient (Wildman–Crippen LogP) is 4.28. The van der Waals surface area contributed by atoms with Gasteiger partial charge in [-0.2, -0.15) is 0 Å². The van der Waals surface area contributed by atoms with Crippen LogP contribution in [0.15, 0.2) is 78.9 Å². The maximum absolute atomic E-state index is 13.9. The van der Waals surface area contributed by atoms with Crippen molar-refractivity contribution in [3.8, 4) is 5.75 Å². The van der Waals surface area contributed by atoms with E-state index in [0.717, 1.165) is 21.7 Å². The number of halogens is 1. The van der Waals surface area contributed by atoms with Gasteiger partial charge in [-0.05, 0) is 61.4 Å². The Hall–Kier alpha value is -3.56. The highest BCUT2D eigenvalue weighted by atomic mass is 35.5. The van der Waals surface area contributed by atoms with E-state index in [9.17, 15) is 18.0 Å². The topological polar surface area (TPSA) is 96.0 Å². The zero-order valence-electron chi connectivity index (χ0n) is 22.3. The van der Waals surface area contributed by atoms with E-state index in [2.05, 4.69) is 5.32 Å². The molecule has 0 aromatic heterocycles. The molecule has 3 aromatic carbocycles. The Balaban J connectivity index is 2.00. The van der Waals surface area contributed by atoms with E-state index in [-0.39, 0.29) is 18.9 Å². The van der Waals surface area contributed by atoms with Gasteiger partial charge in [0.1, 0.15) is 18.3 Å². The van der Waals surface area contributed by atoms with Crippen molar-refractivity contribution in [1.29, 1.82) is 0 Å². The summed E-state index contributed by atoms with van der Waals surface area (Å²) in [5.41, 5.74) is 1.94. The van der Waals surface area contributed by atoms with Gasteiger partial charge in [0.05, 0.1) is 18.6 Å². The molecule has 3 rings (SSSR count). The summed E-state index contributed by atoms with van der Waals surface area (Å²) in [5, 5.41) is 3.37. The van der Waals surface area contributed by atoms with E-state index in [0.29, 0.717) is 29.6 Å². The molecule has 0 unspecified atom stereocenters. The second-order valence-electron chi connectivity index (χ2n) is 8.94. The number of nitrogens with one attached hydrogen (secondary N) is 1. The van der Waals surface area contributed by atoms with Gasteiger partial charge in [0.15, 0.2) is 0 Å². The molecule has 1 atom stereocenters. The Kier molecular flexibility index (Phi) is 10.8. The van der Waals surface area contributed by atoms with Crippen molar-refractivity contribution in [3.05, 3.63) is 95.0 Å². The molecule has 39 heavy (non-hydrogen) atoms. The molecule has 10 heteroatoms. The molecule has 0 saturated carbocycles. The van der Waals surface area contributed by atoms with Gasteiger partial charge in [-0.25, -0.2) is 8.42 Å². The number of sulfonamides is 1. The second kappa shape index (κ2) is 14.0. The number of amides is 2. The number of hydrogen-bond acceptors (Lipinski definition) is 5. The van der Waals surface area contributed by atoms with Crippen molar-refractivity contribution in [2.24, 2.45) is 0 Å². The van der Waals surface area contributed by atoms with E-state index < -0.39 is 28.5 Å². The van der Waals surface area contributed by atoms with E-state index >= 15 is 0 Å². The molecule has 1 N–H and O–H groups in total. The monoisotopic (exact) mass is 571 g/mol. The zero-order valence-corrected chi connectivity index (χ0v) is 23.9. The summed E-state index contributed by atoms with van der Waals surface area (Å²) in [6.45, 7) is 4.12. The van der Waals surface area contributed by atoms with Gasteiger partial charge in [0, 0.05) is 24.5 Å². The SMILES string of the molecule is CCNC(=O)[C@@H](Cc1ccccc1)N(Cc1ccc(Cl)cc1)C(=O)CN(c1ccc(OCC)cc1)S(C)(=O)=O. The number of rotatable bonds is 13. The van der Waals surface area contributed by atoms with Crippen molar-refractivity contribution in [1.82, 2.24) is 10.2 Å². The summed E-state index contributed by atoms with van der Waals surface area (Å²) in [7, 11) is -3.84. The van der Waals surface area contributed by atoms with Crippen LogP contribution in [0.2, 0.25) is 5.02 Å². The van der Waals surface area contributed by atoms with Gasteiger partial charge in [0.2, 0.25) is 21.8 Å². The Morgan fingerprint density at radius 2 is 1.56 bits per heavy atom. The minimum Gasteiger partial charge on any atom is -0.494 e. The van der Waals surface area contributed by atoms with Crippen LogP contribution in [0.4, 0.5) is 5.69 Å². The molecule has 0 saturated heterocycles. The smallest absolute Gasteiger partial charge is 0.244 e. The van der Waals surface area contributed by atoms with Crippen LogP contribution in [0, 0.1) is 0 Å². The van der Waals surface area contributed by atoms with Crippen LogP contribution < -0.4 is 14.4 Å². The van der Waals surface area contributed by atoms with Crippen LogP contribution >= 0.6 is 11.6 Å². The normalized spacial score (nSPS) is 11.9. The summed E-state index contributed by atoms with van der Waals surface area (Å²) < 4.78 is 32.1. The first-order valence-corrected chi connectivity index (χ1v) is 14.9. The standard InChI is InChI=1S/C29H34ClN3O5S/c1-4-31-29(35)27(19-22-9-7-6-8-10-22)32(20-23-11-13-24(30)14-12-23)28(34)21-33(39(3,36)37)25-15-17-26(18-16-25)38-5-2/h6-18,27H,4-5,19-21H2,1-3H3,(H,31,35)/t27-/m1/s1. The van der Waals surface area contributed by atoms with E-state index in [1.54, 1.807) is 55.5 Å². The number of hydrogen-bond donors (Lipinski definition) is 1. The number of benzene rings is 3. The number of likely N-dealkylation sites (N-methyl/N-ethyl adjacent to an activating group) is 1. The minimum absolute atomic E-state index is 0.0888. The maximum atomic E-state index is 13.9. The average molecular weight is 572 g/mol. The molecule has 0 radical (unpaired) electrons. The Bertz CT molecular complexity index is 1330. The Labute approximate surface area is 235 Å². The molecule has 0 aliphatic rings. The number of carbonyl (C=O) groups excluding carboxylic acids is 2. The van der Waals surface area contributed by atoms with Gasteiger partial charge in [0.25, 0.3) is 0 Å². The molecule has 0 bridgehead atoms. The Morgan fingerprint density at radius 3 is 2.13 bits per heavy atom. The maximum Gasteiger partial charge on any atom is 0.244 e. The summed E-state index contributed by atoms with van der Waals surface area (Å²) in [4.78, 5) is 28.7. The molecule has 0 fully saturated rings. The molecule has 0 spiro atoms. The van der Waals surface area contributed by atoms with Crippen LogP contribution in [-0.2, 0) is 32.6 Å². The third-order valence-corrected chi connectivity index (χ3v) is 7.40. The molecule has 0 aliphatic heterocycles. The number of nitrogens with zero attached hydrogens (tertiary/aromatic N) is 2. The van der Waals surface area contributed by atoms with Crippen molar-refractivity contribution < 1.29 is 22.7 Å². The Morgan fingerprint density at radius 1 is 0.923 bits per heavy atom. The zero-order chi connectivity index (χ0) is 28.4. The first-order chi connectivity index (χ1) is 18.6. The highest BCUT2D eigenvalue weighted by Crippen LogP contribution is 2.23. The fourth-order valence-electron chi connectivity index (χ4n) is 4.12. The van der Waals surface area contributed by atoms with Crippen molar-refractivity contribution >= 4 is 39.1 Å². The van der Waals surface area contributed by atoms with Crippen LogP contribution in [0.25, 0.3) is 0 Å². The third-order valence-electron chi connectivity index (χ3n) is 6.00. The van der Waals surface area contributed by atoms with Gasteiger partial charge in [-0.3, -0.25) is 13.9 Å². The summed E-state index contributed by atoms with van der Waals surface area (Å²) in [6.07, 6.45) is 1.31. The van der Waals surface area contributed by atoms with Crippen molar-refractivity contribution in [2.75, 3.05) is 30.3 Å². The van der Waals surface area contributed by atoms with Crippen LogP contribution in [-0.4, -0.2) is 57.1 Å². The fraction of sp³-hybridized carbons (Fsp3) is 0.310. The highest BCUT2D eigenvalue weighted by Gasteiger charge is 2.32. The molecule has 2 amide bonds. The quantitative estimate of drug-likeness (QED) is 0.330. The molecule has 0 heterocycles. The van der Waals surface area contributed by atoms with Gasteiger partial charge in [-0.15, -0.1) is 0 Å². The van der Waals surface area contributed by atoms with Gasteiger partial charge < -0.3 is 15.0 Å². The lowest BCUT2D eigenvalue weighted by molar-refractivity contribution is -0.140. The van der Waals surface area contributed by atoms with Gasteiger partial charge >= 0.3 is 0 Å². The van der Waals surface area contributed by atoms with E-state index in [4.69, 9.17) is 16.3 Å². The lowest BCUT2D eigenvalue weighted by Gasteiger charge is -2.33. The molecule has 3 aromatic rings. The lowest BCUT2D eigenvalue weighted by atomic mass is 10.0. The van der Waals surface area contributed by atoms with Gasteiger partial charge in [-0.1, -0.05) is 54.1 Å². The van der Waals surface area contributed by atoms with E-state index in [1.807, 2.05) is 37.3 Å². The highest BCUT2D eigenvalue weighted by molar-refractivity contribution is 7.92. The lowest BCUT2D eigenvalue weighted by Crippen LogP contribution is -2.53. The van der Waals surface area contributed by atoms with Crippen LogP contribution in [0.1, 0.15) is 25.0 Å². The number of anilines is 1. The van der Waals surface area contributed by atoms with Crippen LogP contribution in [0.5, 0.6) is 5.75 Å². The molecule has 8 nitrogen and oxygen atoms in total. The minimum atomic E-state index is -3.84. The molecular weight excluding hydrogens is 538 g/mol. The largest absolute Gasteiger partial charge is 0.494 e. The summed E-state index contributed by atoms with van der Waals surface area (Å²) >= 11 is 6.06. The van der Waals surface area contributed by atoms with Crippen molar-refractivity contribution in [2.45, 2.75) is 32.9 Å². The predicted molar refractivity (Wildman–Crippen MR) is 154 cm³/mol. The average Bonchev–Trinajstić information content (AvgIpc) is 2.91. The first kappa shape index (κ1) is 30.0. The fourth-order valence-corrected chi connectivity index (χ4v) is 5.10. The molecule has 0 aliphatic carbocycles. The number of ether oxygens (including phenoxy) is 1.